The Balaban J connectivity index is 3.08. The Morgan fingerprint density at radius 1 is 1.55 bits per heavy atom. The van der Waals surface area contributed by atoms with E-state index in [4.69, 9.17) is 0 Å². The highest BCUT2D eigenvalue weighted by Gasteiger charge is 2.02. The number of nitrogens with zero attached hydrogens (tertiary/aromatic N) is 1. The number of H-pyrrole nitrogens is 2. The minimum Gasteiger partial charge on any atom is -0.328 e. The molecule has 0 aliphatic rings. The number of fused-ring (bicyclic) bond motifs is 1. The van der Waals surface area contributed by atoms with Crippen LogP contribution in [0.4, 0.5) is 0 Å². The molecule has 0 atom stereocenters. The Bertz CT molecular complexity index is 440. The van der Waals surface area contributed by atoms with Crippen molar-refractivity contribution in [2.45, 2.75) is 6.92 Å². The zero-order chi connectivity index (χ0) is 7.84. The van der Waals surface area contributed by atoms with E-state index in [9.17, 15) is 4.79 Å². The summed E-state index contributed by atoms with van der Waals surface area (Å²) in [7, 11) is 0. The quantitative estimate of drug-likeness (QED) is 0.574. The Hall–Kier alpha value is -1.58. The summed E-state index contributed by atoms with van der Waals surface area (Å²) in [5.41, 5.74) is 1.43. The highest BCUT2D eigenvalue weighted by atomic mass is 16.1. The summed E-state index contributed by atoms with van der Waals surface area (Å²) in [5, 5.41) is 7.33. The first-order chi connectivity index (χ1) is 5.29. The van der Waals surface area contributed by atoms with E-state index in [2.05, 4.69) is 15.2 Å². The molecule has 0 radical (unpaired) electrons. The van der Waals surface area contributed by atoms with E-state index in [1.807, 2.05) is 6.92 Å². The smallest absolute Gasteiger partial charge is 0.259 e. The average Bonchev–Trinajstić information content (AvgIpc) is 2.34. The summed E-state index contributed by atoms with van der Waals surface area (Å²) in [4.78, 5) is 13.7. The number of aromatic amines is 2. The van der Waals surface area contributed by atoms with Crippen LogP contribution in [0, 0.1) is 6.92 Å². The maximum Gasteiger partial charge on any atom is 0.259 e. The molecule has 4 nitrogen and oxygen atoms in total. The van der Waals surface area contributed by atoms with Gasteiger partial charge in [0.05, 0.1) is 10.9 Å². The molecule has 11 heavy (non-hydrogen) atoms. The fourth-order valence-corrected chi connectivity index (χ4v) is 1.12. The SMILES string of the molecule is Cc1[nH]nc2cc[nH]c(=O)c12. The Kier molecular flexibility index (Phi) is 1.09. The van der Waals surface area contributed by atoms with Gasteiger partial charge in [0.15, 0.2) is 0 Å². The molecule has 0 amide bonds. The molecule has 0 unspecified atom stereocenters. The van der Waals surface area contributed by atoms with Crippen molar-refractivity contribution in [2.75, 3.05) is 0 Å². The second kappa shape index (κ2) is 1.95. The molecule has 0 spiro atoms. The van der Waals surface area contributed by atoms with Crippen LogP contribution >= 0.6 is 0 Å². The first-order valence-corrected chi connectivity index (χ1v) is 3.31. The molecule has 2 aromatic heterocycles. The van der Waals surface area contributed by atoms with Crippen molar-refractivity contribution in [3.8, 4) is 0 Å². The first kappa shape index (κ1) is 6.15. The third-order valence-corrected chi connectivity index (χ3v) is 1.66. The van der Waals surface area contributed by atoms with Crippen LogP contribution in [0.1, 0.15) is 5.69 Å². The molecule has 2 heterocycles. The van der Waals surface area contributed by atoms with Gasteiger partial charge in [-0.05, 0) is 13.0 Å². The molecular formula is C7H7N3O. The van der Waals surface area contributed by atoms with Crippen LogP contribution in [-0.2, 0) is 0 Å². The van der Waals surface area contributed by atoms with Gasteiger partial charge in [0.25, 0.3) is 5.56 Å². The van der Waals surface area contributed by atoms with Crippen LogP contribution in [-0.4, -0.2) is 15.2 Å². The minimum absolute atomic E-state index is 0.0891. The van der Waals surface area contributed by atoms with Gasteiger partial charge in [-0.2, -0.15) is 5.10 Å². The lowest BCUT2D eigenvalue weighted by molar-refractivity contribution is 1.07. The van der Waals surface area contributed by atoms with Crippen LogP contribution in [0.5, 0.6) is 0 Å². The van der Waals surface area contributed by atoms with Crippen molar-refractivity contribution < 1.29 is 0 Å². The van der Waals surface area contributed by atoms with Gasteiger partial charge in [0.1, 0.15) is 0 Å². The lowest BCUT2D eigenvalue weighted by Crippen LogP contribution is -2.03. The van der Waals surface area contributed by atoms with E-state index < -0.39 is 0 Å². The summed E-state index contributed by atoms with van der Waals surface area (Å²) in [6, 6.07) is 1.76. The zero-order valence-electron chi connectivity index (χ0n) is 6.01. The maximum atomic E-state index is 11.1. The molecule has 2 N–H and O–H groups in total. The number of aromatic nitrogens is 3. The molecule has 0 saturated heterocycles. The van der Waals surface area contributed by atoms with Gasteiger partial charge in [0, 0.05) is 11.9 Å². The standard InChI is InChI=1S/C7H7N3O/c1-4-6-5(10-9-4)2-3-8-7(6)11/h2-3H,1H3,(H,8,11)(H,9,10). The fraction of sp³-hybridized carbons (Fsp3) is 0.143. The summed E-state index contributed by atoms with van der Waals surface area (Å²) < 4.78 is 0. The van der Waals surface area contributed by atoms with Crippen molar-refractivity contribution in [1.29, 1.82) is 0 Å². The molecule has 0 aliphatic carbocycles. The van der Waals surface area contributed by atoms with Crippen LogP contribution in [0.25, 0.3) is 10.9 Å². The highest BCUT2D eigenvalue weighted by Crippen LogP contribution is 2.07. The highest BCUT2D eigenvalue weighted by molar-refractivity contribution is 5.79. The van der Waals surface area contributed by atoms with Crippen molar-refractivity contribution >= 4 is 10.9 Å². The number of aryl methyl sites for hydroxylation is 1. The molecular weight excluding hydrogens is 142 g/mol. The average molecular weight is 149 g/mol. The van der Waals surface area contributed by atoms with Crippen molar-refractivity contribution in [3.63, 3.8) is 0 Å². The van der Waals surface area contributed by atoms with Crippen molar-refractivity contribution in [2.24, 2.45) is 0 Å². The molecule has 0 bridgehead atoms. The van der Waals surface area contributed by atoms with E-state index in [1.54, 1.807) is 12.3 Å². The van der Waals surface area contributed by atoms with Gasteiger partial charge in [-0.3, -0.25) is 9.89 Å². The lowest BCUT2D eigenvalue weighted by atomic mass is 10.3. The lowest BCUT2D eigenvalue weighted by Gasteiger charge is -1.84. The molecule has 2 rings (SSSR count). The number of pyridine rings is 1. The van der Waals surface area contributed by atoms with E-state index in [-0.39, 0.29) is 5.56 Å². The van der Waals surface area contributed by atoms with Crippen molar-refractivity contribution in [3.05, 3.63) is 28.3 Å². The van der Waals surface area contributed by atoms with Gasteiger partial charge < -0.3 is 4.98 Å². The molecule has 0 aromatic carbocycles. The molecule has 2 aromatic rings. The summed E-state index contributed by atoms with van der Waals surface area (Å²) in [5.74, 6) is 0. The van der Waals surface area contributed by atoms with Gasteiger partial charge >= 0.3 is 0 Å². The van der Waals surface area contributed by atoms with Crippen LogP contribution in [0.15, 0.2) is 17.1 Å². The summed E-state index contributed by atoms with van der Waals surface area (Å²) in [6.45, 7) is 1.82. The number of rotatable bonds is 0. The molecule has 56 valence electrons. The first-order valence-electron chi connectivity index (χ1n) is 3.31. The maximum absolute atomic E-state index is 11.1. The third kappa shape index (κ3) is 0.756. The predicted molar refractivity (Wildman–Crippen MR) is 41.5 cm³/mol. The number of hydrogen-bond acceptors (Lipinski definition) is 2. The van der Waals surface area contributed by atoms with Crippen LogP contribution < -0.4 is 5.56 Å². The second-order valence-electron chi connectivity index (χ2n) is 2.42. The van der Waals surface area contributed by atoms with Gasteiger partial charge in [-0.25, -0.2) is 0 Å². The minimum atomic E-state index is -0.0891. The summed E-state index contributed by atoms with van der Waals surface area (Å²) >= 11 is 0. The largest absolute Gasteiger partial charge is 0.328 e. The van der Waals surface area contributed by atoms with Gasteiger partial charge in [0.2, 0.25) is 0 Å². The Morgan fingerprint density at radius 2 is 2.36 bits per heavy atom. The van der Waals surface area contributed by atoms with Crippen LogP contribution in [0.2, 0.25) is 0 Å². The predicted octanol–water partition coefficient (Wildman–Crippen LogP) is 0.560. The molecule has 4 heteroatoms. The molecule has 0 fully saturated rings. The van der Waals surface area contributed by atoms with E-state index in [0.29, 0.717) is 10.9 Å². The fourth-order valence-electron chi connectivity index (χ4n) is 1.12. The monoisotopic (exact) mass is 149 g/mol. The normalized spacial score (nSPS) is 10.6. The number of nitrogens with one attached hydrogen (secondary N) is 2. The van der Waals surface area contributed by atoms with Gasteiger partial charge in [-0.1, -0.05) is 0 Å². The van der Waals surface area contributed by atoms with Crippen LogP contribution in [0.3, 0.4) is 0 Å². The van der Waals surface area contributed by atoms with Gasteiger partial charge in [-0.15, -0.1) is 0 Å². The van der Waals surface area contributed by atoms with Crippen molar-refractivity contribution in [1.82, 2.24) is 15.2 Å². The topological polar surface area (TPSA) is 61.5 Å². The summed E-state index contributed by atoms with van der Waals surface area (Å²) in [6.07, 6.45) is 1.59. The molecule has 0 aliphatic heterocycles. The van der Waals surface area contributed by atoms with E-state index in [0.717, 1.165) is 5.69 Å². The number of hydrogen-bond donors (Lipinski definition) is 2. The van der Waals surface area contributed by atoms with E-state index in [1.165, 1.54) is 0 Å². The molecule has 0 saturated carbocycles. The zero-order valence-corrected chi connectivity index (χ0v) is 6.01. The Morgan fingerprint density at radius 3 is 3.09 bits per heavy atom. The third-order valence-electron chi connectivity index (χ3n) is 1.66. The van der Waals surface area contributed by atoms with E-state index >= 15 is 0 Å². The Labute approximate surface area is 62.3 Å². The second-order valence-corrected chi connectivity index (χ2v) is 2.42.